The van der Waals surface area contributed by atoms with Crippen molar-refractivity contribution in [1.82, 2.24) is 0 Å². The van der Waals surface area contributed by atoms with Gasteiger partial charge in [0.05, 0.1) is 17.7 Å². The normalized spacial score (nSPS) is 10.4. The fourth-order valence-electron chi connectivity index (χ4n) is 1.56. The average molecular weight is 318 g/mol. The molecule has 0 amide bonds. The predicted molar refractivity (Wildman–Crippen MR) is 75.4 cm³/mol. The molecule has 0 fully saturated rings. The van der Waals surface area contributed by atoms with E-state index >= 15 is 0 Å². The van der Waals surface area contributed by atoms with Crippen molar-refractivity contribution in [3.05, 3.63) is 22.2 Å². The highest BCUT2D eigenvalue weighted by atomic mass is 79.9. The van der Waals surface area contributed by atoms with Crippen molar-refractivity contribution in [2.45, 2.75) is 13.3 Å². The molecule has 0 saturated carbocycles. The van der Waals surface area contributed by atoms with Gasteiger partial charge in [-0.2, -0.15) is 0 Å². The van der Waals surface area contributed by atoms with Crippen LogP contribution in [0.5, 0.6) is 11.5 Å². The van der Waals surface area contributed by atoms with Crippen LogP contribution in [-0.2, 0) is 11.2 Å². The number of methoxy groups -OCH3 is 1. The minimum atomic E-state index is 0.491. The second kappa shape index (κ2) is 8.34. The molecule has 1 aromatic rings. The molecule has 0 atom stereocenters. The Morgan fingerprint density at radius 3 is 2.61 bits per heavy atom. The maximum Gasteiger partial charge on any atom is 0.175 e. The van der Waals surface area contributed by atoms with E-state index in [1.165, 1.54) is 0 Å². The third-order valence-electron chi connectivity index (χ3n) is 2.34. The van der Waals surface area contributed by atoms with Crippen LogP contribution in [0.15, 0.2) is 16.6 Å². The van der Waals surface area contributed by atoms with E-state index in [-0.39, 0.29) is 0 Å². The molecular weight excluding hydrogens is 298 g/mol. The van der Waals surface area contributed by atoms with E-state index in [4.69, 9.17) is 19.9 Å². The average Bonchev–Trinajstić information content (AvgIpc) is 2.33. The quantitative estimate of drug-likeness (QED) is 0.748. The third-order valence-corrected chi connectivity index (χ3v) is 2.93. The van der Waals surface area contributed by atoms with Crippen molar-refractivity contribution in [2.75, 3.05) is 33.5 Å². The monoisotopic (exact) mass is 317 g/mol. The van der Waals surface area contributed by atoms with Gasteiger partial charge in [-0.15, -0.1) is 0 Å². The van der Waals surface area contributed by atoms with Crippen molar-refractivity contribution in [3.8, 4) is 11.5 Å². The van der Waals surface area contributed by atoms with Crippen LogP contribution in [0.2, 0.25) is 0 Å². The zero-order valence-corrected chi connectivity index (χ0v) is 12.5. The van der Waals surface area contributed by atoms with Crippen molar-refractivity contribution < 1.29 is 14.2 Å². The van der Waals surface area contributed by atoms with E-state index in [0.29, 0.717) is 26.4 Å². The first kappa shape index (κ1) is 15.3. The van der Waals surface area contributed by atoms with Crippen LogP contribution in [0.1, 0.15) is 12.5 Å². The van der Waals surface area contributed by atoms with Crippen LogP contribution in [0.25, 0.3) is 0 Å². The predicted octanol–water partition coefficient (Wildman–Crippen LogP) is 2.37. The maximum absolute atomic E-state index is 5.67. The highest BCUT2D eigenvalue weighted by Gasteiger charge is 2.12. The number of hydrogen-bond donors (Lipinski definition) is 1. The molecule has 102 valence electrons. The molecule has 0 saturated heterocycles. The summed E-state index contributed by atoms with van der Waals surface area (Å²) in [6.07, 6.45) is 0.816. The van der Waals surface area contributed by atoms with E-state index < -0.39 is 0 Å². The summed E-state index contributed by atoms with van der Waals surface area (Å²) in [6, 6.07) is 3.99. The lowest BCUT2D eigenvalue weighted by Crippen LogP contribution is -2.08. The number of nitrogens with two attached hydrogens (primary N) is 1. The first-order valence-electron chi connectivity index (χ1n) is 6.00. The Morgan fingerprint density at radius 1 is 1.22 bits per heavy atom. The first-order chi connectivity index (χ1) is 8.72. The molecular formula is C13H20BrNO3. The third kappa shape index (κ3) is 4.48. The Morgan fingerprint density at radius 2 is 2.00 bits per heavy atom. The highest BCUT2D eigenvalue weighted by molar-refractivity contribution is 9.10. The Bertz CT molecular complexity index is 371. The van der Waals surface area contributed by atoms with Crippen LogP contribution >= 0.6 is 15.9 Å². The Kier molecular flexibility index (Phi) is 7.08. The fraction of sp³-hybridized carbons (Fsp3) is 0.538. The van der Waals surface area contributed by atoms with Crippen LogP contribution in [-0.4, -0.2) is 33.5 Å². The zero-order valence-electron chi connectivity index (χ0n) is 10.9. The second-order valence-electron chi connectivity index (χ2n) is 3.72. The van der Waals surface area contributed by atoms with Gasteiger partial charge in [-0.3, -0.25) is 0 Å². The van der Waals surface area contributed by atoms with Crippen molar-refractivity contribution in [3.63, 3.8) is 0 Å². The molecule has 0 aromatic heterocycles. The smallest absolute Gasteiger partial charge is 0.175 e. The van der Waals surface area contributed by atoms with Gasteiger partial charge >= 0.3 is 0 Å². The van der Waals surface area contributed by atoms with E-state index in [1.807, 2.05) is 19.1 Å². The van der Waals surface area contributed by atoms with Crippen LogP contribution in [0.4, 0.5) is 0 Å². The summed E-state index contributed by atoms with van der Waals surface area (Å²) >= 11 is 3.50. The SMILES string of the molecule is CCOc1cc(CCN)cc(Br)c1OCCOC. The lowest BCUT2D eigenvalue weighted by molar-refractivity contribution is 0.143. The van der Waals surface area contributed by atoms with E-state index in [0.717, 1.165) is 28.0 Å². The van der Waals surface area contributed by atoms with E-state index in [1.54, 1.807) is 7.11 Å². The van der Waals surface area contributed by atoms with Crippen LogP contribution in [0, 0.1) is 0 Å². The maximum atomic E-state index is 5.67. The summed E-state index contributed by atoms with van der Waals surface area (Å²) in [5.74, 6) is 1.46. The van der Waals surface area contributed by atoms with Crippen molar-refractivity contribution in [2.24, 2.45) is 5.73 Å². The topological polar surface area (TPSA) is 53.7 Å². The van der Waals surface area contributed by atoms with Crippen molar-refractivity contribution >= 4 is 15.9 Å². The summed E-state index contributed by atoms with van der Waals surface area (Å²) in [5, 5.41) is 0. The Hall–Kier alpha value is -0.780. The molecule has 2 N–H and O–H groups in total. The lowest BCUT2D eigenvalue weighted by Gasteiger charge is -2.15. The van der Waals surface area contributed by atoms with Gasteiger partial charge in [0.25, 0.3) is 0 Å². The highest BCUT2D eigenvalue weighted by Crippen LogP contribution is 2.37. The van der Waals surface area contributed by atoms with E-state index in [2.05, 4.69) is 15.9 Å². The molecule has 1 rings (SSSR count). The van der Waals surface area contributed by atoms with Gasteiger partial charge in [0, 0.05) is 7.11 Å². The minimum Gasteiger partial charge on any atom is -0.490 e. The number of hydrogen-bond acceptors (Lipinski definition) is 4. The van der Waals surface area contributed by atoms with E-state index in [9.17, 15) is 0 Å². The molecule has 0 unspecified atom stereocenters. The molecule has 4 nitrogen and oxygen atoms in total. The standard InChI is InChI=1S/C13H20BrNO3/c1-3-17-12-9-10(4-5-15)8-11(14)13(12)18-7-6-16-2/h8-9H,3-7,15H2,1-2H3. The molecule has 18 heavy (non-hydrogen) atoms. The Balaban J connectivity index is 2.90. The fourth-order valence-corrected chi connectivity index (χ4v) is 2.17. The number of halogens is 1. The minimum absolute atomic E-state index is 0.491. The molecule has 0 heterocycles. The van der Waals surface area contributed by atoms with Crippen molar-refractivity contribution in [1.29, 1.82) is 0 Å². The van der Waals surface area contributed by atoms with Gasteiger partial charge in [0.1, 0.15) is 6.61 Å². The van der Waals surface area contributed by atoms with Gasteiger partial charge < -0.3 is 19.9 Å². The number of rotatable bonds is 8. The van der Waals surface area contributed by atoms with Gasteiger partial charge in [-0.05, 0) is 53.5 Å². The lowest BCUT2D eigenvalue weighted by atomic mass is 10.1. The summed E-state index contributed by atoms with van der Waals surface area (Å²) in [7, 11) is 1.65. The molecule has 0 bridgehead atoms. The molecule has 0 radical (unpaired) electrons. The molecule has 0 aliphatic rings. The van der Waals surface area contributed by atoms with Gasteiger partial charge in [0.2, 0.25) is 0 Å². The Labute approximate surface area is 117 Å². The molecule has 5 heteroatoms. The number of ether oxygens (including phenoxy) is 3. The summed E-state index contributed by atoms with van der Waals surface area (Å²) in [4.78, 5) is 0. The van der Waals surface area contributed by atoms with Gasteiger partial charge in [-0.1, -0.05) is 0 Å². The van der Waals surface area contributed by atoms with Crippen LogP contribution in [0.3, 0.4) is 0 Å². The molecule has 0 aliphatic carbocycles. The molecule has 1 aromatic carbocycles. The summed E-state index contributed by atoms with van der Waals surface area (Å²) < 4.78 is 17.1. The van der Waals surface area contributed by atoms with Crippen LogP contribution < -0.4 is 15.2 Å². The summed E-state index contributed by atoms with van der Waals surface area (Å²) in [6.45, 7) is 4.19. The zero-order chi connectivity index (χ0) is 13.4. The molecule has 0 aliphatic heterocycles. The number of benzene rings is 1. The largest absolute Gasteiger partial charge is 0.490 e. The second-order valence-corrected chi connectivity index (χ2v) is 4.57. The summed E-state index contributed by atoms with van der Waals surface area (Å²) in [5.41, 5.74) is 6.70. The first-order valence-corrected chi connectivity index (χ1v) is 6.79. The molecule has 0 spiro atoms. The van der Waals surface area contributed by atoms with Gasteiger partial charge in [-0.25, -0.2) is 0 Å². The van der Waals surface area contributed by atoms with Gasteiger partial charge in [0.15, 0.2) is 11.5 Å².